The molecule has 1 fully saturated rings. The summed E-state index contributed by atoms with van der Waals surface area (Å²) in [6.45, 7) is -4.01. The number of ether oxygens (including phenoxy) is 3. The van der Waals surface area contributed by atoms with Crippen LogP contribution in [0.1, 0.15) is 15.2 Å². The summed E-state index contributed by atoms with van der Waals surface area (Å²) in [6.07, 6.45) is 1.40. The summed E-state index contributed by atoms with van der Waals surface area (Å²) in [5, 5.41) is 0.524. The van der Waals surface area contributed by atoms with Crippen LogP contribution in [0, 0.1) is 0 Å². The molecule has 2 heterocycles. The molecule has 0 aliphatic carbocycles. The van der Waals surface area contributed by atoms with Gasteiger partial charge in [-0.05, 0) is 17.7 Å². The second-order valence-electron chi connectivity index (χ2n) is 6.70. The van der Waals surface area contributed by atoms with Crippen molar-refractivity contribution in [2.24, 2.45) is 0 Å². The molecule has 1 aliphatic rings. The Bertz CT molecular complexity index is 853. The highest BCUT2D eigenvalue weighted by atomic mass is 32.1. The predicted octanol–water partition coefficient (Wildman–Crippen LogP) is 3.46. The summed E-state index contributed by atoms with van der Waals surface area (Å²) in [5.74, 6) is -0.445. The molecule has 1 aromatic carbocycles. The normalized spacial score (nSPS) is 17.4. The molecule has 1 aromatic heterocycles. The maximum Gasteiger partial charge on any atom is 0.387 e. The number of esters is 1. The van der Waals surface area contributed by atoms with Crippen LogP contribution in [0.5, 0.6) is 5.75 Å². The van der Waals surface area contributed by atoms with Crippen LogP contribution in [-0.4, -0.2) is 68.5 Å². The zero-order chi connectivity index (χ0) is 22.4. The standard InChI is InChI=1S/C19H21F4N3O4S/c1-28-16(27)15-8-24-19(31-15)26-7-6-25(10-13(26)11-29-17(20)21)9-12-2-4-14(5-3-12)30-18(22)23/h2-5,8,13,17-18H,6-7,9-11H2,1H3/t13-/m0/s1. The van der Waals surface area contributed by atoms with Gasteiger partial charge in [-0.2, -0.15) is 17.6 Å². The number of nitrogens with zero attached hydrogens (tertiary/aromatic N) is 3. The molecule has 0 N–H and O–H groups in total. The topological polar surface area (TPSA) is 64.1 Å². The summed E-state index contributed by atoms with van der Waals surface area (Å²) in [5.41, 5.74) is 0.867. The van der Waals surface area contributed by atoms with E-state index < -0.39 is 25.2 Å². The highest BCUT2D eigenvalue weighted by molar-refractivity contribution is 7.17. The Balaban J connectivity index is 1.67. The van der Waals surface area contributed by atoms with E-state index in [1.54, 1.807) is 12.1 Å². The van der Waals surface area contributed by atoms with Gasteiger partial charge in [0.1, 0.15) is 10.6 Å². The minimum atomic E-state index is -2.90. The van der Waals surface area contributed by atoms with E-state index >= 15 is 0 Å². The molecule has 0 unspecified atom stereocenters. The molecule has 0 bridgehead atoms. The summed E-state index contributed by atoms with van der Waals surface area (Å²) in [7, 11) is 1.27. The van der Waals surface area contributed by atoms with Crippen molar-refractivity contribution < 1.29 is 36.6 Å². The Morgan fingerprint density at radius 1 is 1.19 bits per heavy atom. The van der Waals surface area contributed by atoms with E-state index in [9.17, 15) is 22.4 Å². The Morgan fingerprint density at radius 3 is 2.58 bits per heavy atom. The van der Waals surface area contributed by atoms with E-state index in [2.05, 4.69) is 19.2 Å². The minimum Gasteiger partial charge on any atom is -0.465 e. The Labute approximate surface area is 180 Å². The maximum atomic E-state index is 12.7. The lowest BCUT2D eigenvalue weighted by atomic mass is 10.1. The van der Waals surface area contributed by atoms with E-state index in [4.69, 9.17) is 0 Å². The molecule has 1 saturated heterocycles. The molecule has 2 aromatic rings. The Hall–Kier alpha value is -2.44. The molecule has 1 atom stereocenters. The fraction of sp³-hybridized carbons (Fsp3) is 0.474. The van der Waals surface area contributed by atoms with Gasteiger partial charge in [0.25, 0.3) is 0 Å². The zero-order valence-corrected chi connectivity index (χ0v) is 17.4. The maximum absolute atomic E-state index is 12.7. The number of rotatable bonds is 9. The summed E-state index contributed by atoms with van der Waals surface area (Å²) < 4.78 is 63.4. The molecule has 0 amide bonds. The van der Waals surface area contributed by atoms with Crippen molar-refractivity contribution in [2.75, 3.05) is 38.3 Å². The number of anilines is 1. The van der Waals surface area contributed by atoms with Crippen LogP contribution >= 0.6 is 11.3 Å². The van der Waals surface area contributed by atoms with Crippen LogP contribution in [0.4, 0.5) is 22.7 Å². The molecule has 12 heteroatoms. The van der Waals surface area contributed by atoms with Gasteiger partial charge in [-0.15, -0.1) is 0 Å². The molecule has 3 rings (SSSR count). The monoisotopic (exact) mass is 463 g/mol. The molecule has 1 aliphatic heterocycles. The number of methoxy groups -OCH3 is 1. The highest BCUT2D eigenvalue weighted by Crippen LogP contribution is 2.28. The third-order valence-corrected chi connectivity index (χ3v) is 5.68. The molecule has 7 nitrogen and oxygen atoms in total. The number of piperazine rings is 1. The van der Waals surface area contributed by atoms with Crippen LogP contribution in [-0.2, 0) is 16.0 Å². The minimum absolute atomic E-state index is 0.0666. The van der Waals surface area contributed by atoms with Crippen molar-refractivity contribution >= 4 is 22.4 Å². The van der Waals surface area contributed by atoms with Crippen molar-refractivity contribution in [3.8, 4) is 5.75 Å². The number of benzene rings is 1. The first-order valence-corrected chi connectivity index (χ1v) is 10.1. The fourth-order valence-electron chi connectivity index (χ4n) is 3.27. The van der Waals surface area contributed by atoms with Gasteiger partial charge in [0, 0.05) is 26.2 Å². The van der Waals surface area contributed by atoms with Gasteiger partial charge in [0.2, 0.25) is 0 Å². The fourth-order valence-corrected chi connectivity index (χ4v) is 4.20. The number of aromatic nitrogens is 1. The summed E-state index contributed by atoms with van der Waals surface area (Å²) >= 11 is 1.13. The van der Waals surface area contributed by atoms with E-state index in [0.717, 1.165) is 16.9 Å². The first-order valence-electron chi connectivity index (χ1n) is 9.32. The second kappa shape index (κ2) is 10.7. The van der Waals surface area contributed by atoms with Crippen LogP contribution in [0.25, 0.3) is 0 Å². The lowest BCUT2D eigenvalue weighted by Crippen LogP contribution is -2.55. The average molecular weight is 463 g/mol. The van der Waals surface area contributed by atoms with Gasteiger partial charge in [-0.1, -0.05) is 23.5 Å². The molecule has 31 heavy (non-hydrogen) atoms. The lowest BCUT2D eigenvalue weighted by Gasteiger charge is -2.41. The summed E-state index contributed by atoms with van der Waals surface area (Å²) in [4.78, 5) is 20.1. The van der Waals surface area contributed by atoms with Crippen molar-refractivity contribution in [3.63, 3.8) is 0 Å². The first kappa shape index (κ1) is 23.2. The Morgan fingerprint density at radius 2 is 1.94 bits per heavy atom. The predicted molar refractivity (Wildman–Crippen MR) is 105 cm³/mol. The Kier molecular flexibility index (Phi) is 8.04. The van der Waals surface area contributed by atoms with Crippen LogP contribution in [0.2, 0.25) is 0 Å². The van der Waals surface area contributed by atoms with Gasteiger partial charge in [0.05, 0.1) is 26.0 Å². The summed E-state index contributed by atoms with van der Waals surface area (Å²) in [6, 6.07) is 5.86. The third-order valence-electron chi connectivity index (χ3n) is 4.66. The number of carbonyl (C=O) groups excluding carboxylic acids is 1. The SMILES string of the molecule is COC(=O)c1cnc(N2CCN(Cc3ccc(OC(F)F)cc3)C[C@H]2COC(F)F)s1. The highest BCUT2D eigenvalue weighted by Gasteiger charge is 2.30. The second-order valence-corrected chi connectivity index (χ2v) is 7.71. The van der Waals surface area contributed by atoms with Gasteiger partial charge >= 0.3 is 19.2 Å². The molecular weight excluding hydrogens is 442 g/mol. The van der Waals surface area contributed by atoms with Crippen LogP contribution < -0.4 is 9.64 Å². The lowest BCUT2D eigenvalue weighted by molar-refractivity contribution is -0.134. The molecular formula is C19H21F4N3O4S. The number of hydrogen-bond acceptors (Lipinski definition) is 8. The third kappa shape index (κ3) is 6.52. The van der Waals surface area contributed by atoms with Gasteiger partial charge in [0.15, 0.2) is 5.13 Å². The largest absolute Gasteiger partial charge is 0.465 e. The van der Waals surface area contributed by atoms with Gasteiger partial charge < -0.3 is 19.1 Å². The van der Waals surface area contributed by atoms with Crippen LogP contribution in [0.3, 0.4) is 0 Å². The van der Waals surface area contributed by atoms with Crippen molar-refractivity contribution in [1.29, 1.82) is 0 Å². The van der Waals surface area contributed by atoms with Crippen molar-refractivity contribution in [2.45, 2.75) is 25.8 Å². The first-order chi connectivity index (χ1) is 14.9. The molecule has 0 radical (unpaired) electrons. The molecule has 0 spiro atoms. The van der Waals surface area contributed by atoms with E-state index in [0.29, 0.717) is 36.2 Å². The number of hydrogen-bond donors (Lipinski definition) is 0. The smallest absolute Gasteiger partial charge is 0.387 e. The van der Waals surface area contributed by atoms with Gasteiger partial charge in [-0.25, -0.2) is 9.78 Å². The van der Waals surface area contributed by atoms with Crippen LogP contribution in [0.15, 0.2) is 30.5 Å². The molecule has 0 saturated carbocycles. The number of halogens is 4. The van der Waals surface area contributed by atoms with E-state index in [1.165, 1.54) is 25.4 Å². The van der Waals surface area contributed by atoms with E-state index in [1.807, 2.05) is 9.80 Å². The molecule has 170 valence electrons. The van der Waals surface area contributed by atoms with Crippen molar-refractivity contribution in [1.82, 2.24) is 9.88 Å². The average Bonchev–Trinajstić information content (AvgIpc) is 3.23. The quantitative estimate of drug-likeness (QED) is 0.417. The van der Waals surface area contributed by atoms with Gasteiger partial charge in [-0.3, -0.25) is 4.90 Å². The zero-order valence-electron chi connectivity index (χ0n) is 16.5. The number of thiazole rings is 1. The van der Waals surface area contributed by atoms with Crippen molar-refractivity contribution in [3.05, 3.63) is 40.9 Å². The van der Waals surface area contributed by atoms with E-state index in [-0.39, 0.29) is 12.4 Å². The number of carbonyl (C=O) groups is 1. The number of alkyl halides is 4.